The summed E-state index contributed by atoms with van der Waals surface area (Å²) in [6.07, 6.45) is 1.06. The van der Waals surface area contributed by atoms with Crippen molar-refractivity contribution >= 4 is 17.3 Å². The highest BCUT2D eigenvalue weighted by Gasteiger charge is 2.07. The van der Waals surface area contributed by atoms with E-state index in [9.17, 15) is 4.79 Å². The number of rotatable bonds is 5. The largest absolute Gasteiger partial charge is 0.495 e. The summed E-state index contributed by atoms with van der Waals surface area (Å²) in [7, 11) is 1.58. The minimum absolute atomic E-state index is 0.0429. The summed E-state index contributed by atoms with van der Waals surface area (Å²) in [5.41, 5.74) is 9.44. The second kappa shape index (κ2) is 6.79. The molecule has 0 unspecified atom stereocenters. The van der Waals surface area contributed by atoms with Crippen LogP contribution in [0.3, 0.4) is 0 Å². The number of para-hydroxylation sites is 2. The molecular weight excluding hydrogens is 264 g/mol. The predicted octanol–water partition coefficient (Wildman–Crippen LogP) is 3.16. The molecule has 2 aromatic rings. The number of amides is 1. The van der Waals surface area contributed by atoms with Crippen molar-refractivity contribution in [3.05, 3.63) is 53.6 Å². The molecule has 0 saturated carbocycles. The van der Waals surface area contributed by atoms with Crippen LogP contribution in [0.15, 0.2) is 42.5 Å². The van der Waals surface area contributed by atoms with Crippen molar-refractivity contribution in [3.63, 3.8) is 0 Å². The summed E-state index contributed by atoms with van der Waals surface area (Å²) >= 11 is 0. The second-order valence-corrected chi connectivity index (χ2v) is 4.94. The van der Waals surface area contributed by atoms with Crippen LogP contribution in [0, 0.1) is 6.92 Å². The molecule has 0 heterocycles. The molecule has 0 radical (unpaired) electrons. The van der Waals surface area contributed by atoms with Crippen molar-refractivity contribution < 1.29 is 9.53 Å². The highest BCUT2D eigenvalue weighted by Crippen LogP contribution is 2.23. The Bertz CT molecular complexity index is 638. The molecular formula is C17H20N2O2. The van der Waals surface area contributed by atoms with Crippen molar-refractivity contribution in [1.82, 2.24) is 0 Å². The molecule has 110 valence electrons. The molecule has 21 heavy (non-hydrogen) atoms. The number of hydrogen-bond acceptors (Lipinski definition) is 3. The number of nitrogens with one attached hydrogen (secondary N) is 1. The van der Waals surface area contributed by atoms with Crippen LogP contribution in [-0.4, -0.2) is 13.0 Å². The number of nitrogen functional groups attached to an aromatic ring is 1. The zero-order valence-electron chi connectivity index (χ0n) is 12.3. The molecule has 0 atom stereocenters. The molecule has 0 spiro atoms. The van der Waals surface area contributed by atoms with E-state index in [0.29, 0.717) is 24.3 Å². The number of nitrogens with two attached hydrogens (primary N) is 1. The second-order valence-electron chi connectivity index (χ2n) is 4.94. The van der Waals surface area contributed by atoms with Crippen molar-refractivity contribution in [2.45, 2.75) is 19.8 Å². The Morgan fingerprint density at radius 1 is 1.24 bits per heavy atom. The lowest BCUT2D eigenvalue weighted by molar-refractivity contribution is -0.116. The molecule has 4 heteroatoms. The average molecular weight is 284 g/mol. The van der Waals surface area contributed by atoms with Gasteiger partial charge in [0.1, 0.15) is 5.75 Å². The maximum Gasteiger partial charge on any atom is 0.224 e. The molecule has 1 amide bonds. The quantitative estimate of drug-likeness (QED) is 0.829. The first-order chi connectivity index (χ1) is 10.1. The summed E-state index contributed by atoms with van der Waals surface area (Å²) in [4.78, 5) is 12.0. The fourth-order valence-electron chi connectivity index (χ4n) is 2.06. The lowest BCUT2D eigenvalue weighted by Crippen LogP contribution is -2.13. The summed E-state index contributed by atoms with van der Waals surface area (Å²) < 4.78 is 5.21. The number of anilines is 2. The number of aryl methyl sites for hydroxylation is 2. The van der Waals surface area contributed by atoms with Crippen LogP contribution in [0.1, 0.15) is 17.5 Å². The van der Waals surface area contributed by atoms with Gasteiger partial charge in [-0.1, -0.05) is 24.3 Å². The normalized spacial score (nSPS) is 10.2. The standard InChI is InChI=1S/C17H20N2O2/c1-12-7-8-13(11-14(12)18)9-10-17(20)19-15-5-3-4-6-16(15)21-2/h3-8,11H,9-10,18H2,1-2H3,(H,19,20). The molecule has 3 N–H and O–H groups in total. The van der Waals surface area contributed by atoms with Crippen LogP contribution in [-0.2, 0) is 11.2 Å². The lowest BCUT2D eigenvalue weighted by Gasteiger charge is -2.10. The Hall–Kier alpha value is -2.49. The maximum absolute atomic E-state index is 12.0. The Kier molecular flexibility index (Phi) is 4.82. The summed E-state index contributed by atoms with van der Waals surface area (Å²) in [6, 6.07) is 13.3. The Labute approximate surface area is 124 Å². The van der Waals surface area contributed by atoms with Gasteiger partial charge >= 0.3 is 0 Å². The van der Waals surface area contributed by atoms with Crippen LogP contribution in [0.5, 0.6) is 5.75 Å². The zero-order chi connectivity index (χ0) is 15.2. The van der Waals surface area contributed by atoms with Crippen LogP contribution in [0.25, 0.3) is 0 Å². The van der Waals surface area contributed by atoms with E-state index in [1.807, 2.05) is 49.4 Å². The van der Waals surface area contributed by atoms with Crippen molar-refractivity contribution in [1.29, 1.82) is 0 Å². The third kappa shape index (κ3) is 3.99. The van der Waals surface area contributed by atoms with Crippen LogP contribution < -0.4 is 15.8 Å². The van der Waals surface area contributed by atoms with Gasteiger partial charge in [0.25, 0.3) is 0 Å². The fourth-order valence-corrected chi connectivity index (χ4v) is 2.06. The number of hydrogen-bond donors (Lipinski definition) is 2. The van der Waals surface area contributed by atoms with E-state index in [4.69, 9.17) is 10.5 Å². The minimum atomic E-state index is -0.0429. The maximum atomic E-state index is 12.0. The Morgan fingerprint density at radius 3 is 2.71 bits per heavy atom. The molecule has 0 saturated heterocycles. The first kappa shape index (κ1) is 14.9. The van der Waals surface area contributed by atoms with Gasteiger partial charge in [-0.25, -0.2) is 0 Å². The predicted molar refractivity (Wildman–Crippen MR) is 85.5 cm³/mol. The van der Waals surface area contributed by atoms with Gasteiger partial charge in [0, 0.05) is 12.1 Å². The smallest absolute Gasteiger partial charge is 0.224 e. The van der Waals surface area contributed by atoms with E-state index in [1.165, 1.54) is 0 Å². The van der Waals surface area contributed by atoms with Gasteiger partial charge in [-0.15, -0.1) is 0 Å². The van der Waals surface area contributed by atoms with Gasteiger partial charge in [0.15, 0.2) is 0 Å². The highest BCUT2D eigenvalue weighted by molar-refractivity contribution is 5.92. The van der Waals surface area contributed by atoms with Gasteiger partial charge in [-0.2, -0.15) is 0 Å². The summed E-state index contributed by atoms with van der Waals surface area (Å²) in [6.45, 7) is 1.97. The van der Waals surface area contributed by atoms with Crippen LogP contribution in [0.4, 0.5) is 11.4 Å². The Morgan fingerprint density at radius 2 is 2.00 bits per heavy atom. The number of carbonyl (C=O) groups excluding carboxylic acids is 1. The molecule has 0 aromatic heterocycles. The first-order valence-electron chi connectivity index (χ1n) is 6.88. The van der Waals surface area contributed by atoms with Crippen LogP contribution in [0.2, 0.25) is 0 Å². The molecule has 0 aliphatic carbocycles. The van der Waals surface area contributed by atoms with Gasteiger partial charge < -0.3 is 15.8 Å². The Balaban J connectivity index is 1.94. The molecule has 0 aliphatic heterocycles. The minimum Gasteiger partial charge on any atom is -0.495 e. The van der Waals surface area contributed by atoms with Crippen molar-refractivity contribution in [2.24, 2.45) is 0 Å². The first-order valence-corrected chi connectivity index (χ1v) is 6.88. The molecule has 2 rings (SSSR count). The fraction of sp³-hybridized carbons (Fsp3) is 0.235. The molecule has 0 aliphatic rings. The SMILES string of the molecule is COc1ccccc1NC(=O)CCc1ccc(C)c(N)c1. The molecule has 0 bridgehead atoms. The van der Waals surface area contributed by atoms with Crippen molar-refractivity contribution in [2.75, 3.05) is 18.2 Å². The van der Waals surface area contributed by atoms with E-state index in [2.05, 4.69) is 5.32 Å². The number of methoxy groups -OCH3 is 1. The zero-order valence-corrected chi connectivity index (χ0v) is 12.3. The highest BCUT2D eigenvalue weighted by atomic mass is 16.5. The van der Waals surface area contributed by atoms with Crippen molar-refractivity contribution in [3.8, 4) is 5.75 Å². The van der Waals surface area contributed by atoms with Crippen LogP contribution >= 0.6 is 0 Å². The number of carbonyl (C=O) groups is 1. The van der Waals surface area contributed by atoms with Gasteiger partial charge in [-0.3, -0.25) is 4.79 Å². The molecule has 4 nitrogen and oxygen atoms in total. The van der Waals surface area contributed by atoms with E-state index in [-0.39, 0.29) is 5.91 Å². The lowest BCUT2D eigenvalue weighted by atomic mass is 10.1. The molecule has 2 aromatic carbocycles. The number of ether oxygens (including phenoxy) is 1. The van der Waals surface area contributed by atoms with E-state index in [0.717, 1.165) is 16.8 Å². The van der Waals surface area contributed by atoms with E-state index < -0.39 is 0 Å². The third-order valence-electron chi connectivity index (χ3n) is 3.37. The van der Waals surface area contributed by atoms with E-state index in [1.54, 1.807) is 7.11 Å². The average Bonchev–Trinajstić information content (AvgIpc) is 2.49. The third-order valence-corrected chi connectivity index (χ3v) is 3.37. The summed E-state index contributed by atoms with van der Waals surface area (Å²) in [5.74, 6) is 0.615. The summed E-state index contributed by atoms with van der Waals surface area (Å²) in [5, 5.41) is 2.86. The topological polar surface area (TPSA) is 64.3 Å². The number of benzene rings is 2. The monoisotopic (exact) mass is 284 g/mol. The van der Waals surface area contributed by atoms with Gasteiger partial charge in [0.2, 0.25) is 5.91 Å². The van der Waals surface area contributed by atoms with E-state index >= 15 is 0 Å². The van der Waals surface area contributed by atoms with Gasteiger partial charge in [-0.05, 0) is 42.7 Å². The van der Waals surface area contributed by atoms with Gasteiger partial charge in [0.05, 0.1) is 12.8 Å². The molecule has 0 fully saturated rings.